The summed E-state index contributed by atoms with van der Waals surface area (Å²) in [5, 5.41) is 0. The van der Waals surface area contributed by atoms with Gasteiger partial charge in [0, 0.05) is 33.1 Å². The molecule has 0 unspecified atom stereocenters. The van der Waals surface area contributed by atoms with Crippen LogP contribution in [0.4, 0.5) is 0 Å². The van der Waals surface area contributed by atoms with Gasteiger partial charge in [0.05, 0.1) is 10.5 Å². The number of carbonyl (C=O) groups excluding carboxylic acids is 2. The van der Waals surface area contributed by atoms with Gasteiger partial charge in [-0.15, -0.1) is 0 Å². The van der Waals surface area contributed by atoms with Gasteiger partial charge in [-0.2, -0.15) is 4.31 Å². The Morgan fingerprint density at radius 3 is 2.34 bits per heavy atom. The van der Waals surface area contributed by atoms with Crippen molar-refractivity contribution in [1.82, 2.24) is 9.21 Å². The SMILES string of the molecule is CC(=O)N1CCN(S(=O)(=O)c2cccc(C(=O)OCc3ccccc3C)c2)CC1. The van der Waals surface area contributed by atoms with Crippen molar-refractivity contribution in [3.8, 4) is 0 Å². The normalized spacial score (nSPS) is 15.2. The average molecular weight is 416 g/mol. The van der Waals surface area contributed by atoms with Gasteiger partial charge in [-0.1, -0.05) is 30.3 Å². The first kappa shape index (κ1) is 21.0. The lowest BCUT2D eigenvalue weighted by Gasteiger charge is -2.33. The highest BCUT2D eigenvalue weighted by Crippen LogP contribution is 2.20. The van der Waals surface area contributed by atoms with Gasteiger partial charge in [0.15, 0.2) is 0 Å². The highest BCUT2D eigenvalue weighted by atomic mass is 32.2. The fourth-order valence-corrected chi connectivity index (χ4v) is 4.64. The van der Waals surface area contributed by atoms with Crippen LogP contribution in [-0.4, -0.2) is 55.7 Å². The molecule has 1 aliphatic rings. The van der Waals surface area contributed by atoms with Crippen LogP contribution in [0.5, 0.6) is 0 Å². The highest BCUT2D eigenvalue weighted by Gasteiger charge is 2.29. The van der Waals surface area contributed by atoms with E-state index in [2.05, 4.69) is 0 Å². The fraction of sp³-hybridized carbons (Fsp3) is 0.333. The lowest BCUT2D eigenvalue weighted by atomic mass is 10.1. The fourth-order valence-electron chi connectivity index (χ4n) is 3.17. The minimum atomic E-state index is -3.75. The molecule has 3 rings (SSSR count). The first-order valence-corrected chi connectivity index (χ1v) is 10.8. The first-order valence-electron chi connectivity index (χ1n) is 9.36. The van der Waals surface area contributed by atoms with Crippen LogP contribution in [0, 0.1) is 6.92 Å². The molecule has 2 aromatic rings. The van der Waals surface area contributed by atoms with Crippen LogP contribution in [0.2, 0.25) is 0 Å². The molecule has 0 radical (unpaired) electrons. The second-order valence-electron chi connectivity index (χ2n) is 6.94. The summed E-state index contributed by atoms with van der Waals surface area (Å²) < 4.78 is 32.6. The van der Waals surface area contributed by atoms with E-state index in [1.54, 1.807) is 4.90 Å². The number of amides is 1. The Morgan fingerprint density at radius 1 is 1.00 bits per heavy atom. The average Bonchev–Trinajstić information content (AvgIpc) is 2.73. The number of carbonyl (C=O) groups is 2. The number of hydrogen-bond acceptors (Lipinski definition) is 5. The Bertz CT molecular complexity index is 1010. The molecule has 8 heteroatoms. The van der Waals surface area contributed by atoms with Gasteiger partial charge in [0.2, 0.25) is 15.9 Å². The van der Waals surface area contributed by atoms with E-state index in [9.17, 15) is 18.0 Å². The maximum atomic E-state index is 12.9. The Hall–Kier alpha value is -2.71. The first-order chi connectivity index (χ1) is 13.8. The summed E-state index contributed by atoms with van der Waals surface area (Å²) in [5.74, 6) is -0.646. The number of benzene rings is 2. The van der Waals surface area contributed by atoms with Crippen LogP contribution in [0.15, 0.2) is 53.4 Å². The number of esters is 1. The third-order valence-electron chi connectivity index (χ3n) is 5.01. The van der Waals surface area contributed by atoms with Gasteiger partial charge >= 0.3 is 5.97 Å². The second-order valence-corrected chi connectivity index (χ2v) is 8.88. The van der Waals surface area contributed by atoms with E-state index in [4.69, 9.17) is 4.74 Å². The van der Waals surface area contributed by atoms with Gasteiger partial charge in [0.25, 0.3) is 0 Å². The molecule has 0 aromatic heterocycles. The van der Waals surface area contributed by atoms with Crippen molar-refractivity contribution >= 4 is 21.9 Å². The minimum absolute atomic E-state index is 0.0408. The Balaban J connectivity index is 1.70. The Morgan fingerprint density at radius 2 is 1.69 bits per heavy atom. The molecule has 1 saturated heterocycles. The van der Waals surface area contributed by atoms with Crippen LogP contribution < -0.4 is 0 Å². The molecule has 0 atom stereocenters. The van der Waals surface area contributed by atoms with Crippen molar-refractivity contribution in [3.63, 3.8) is 0 Å². The molecule has 154 valence electrons. The summed E-state index contributed by atoms with van der Waals surface area (Å²) in [5.41, 5.74) is 2.09. The van der Waals surface area contributed by atoms with E-state index in [-0.39, 0.29) is 36.1 Å². The largest absolute Gasteiger partial charge is 0.457 e. The molecule has 7 nitrogen and oxygen atoms in total. The van der Waals surface area contributed by atoms with Crippen molar-refractivity contribution in [2.45, 2.75) is 25.3 Å². The van der Waals surface area contributed by atoms with Gasteiger partial charge in [0.1, 0.15) is 6.61 Å². The highest BCUT2D eigenvalue weighted by molar-refractivity contribution is 7.89. The van der Waals surface area contributed by atoms with Gasteiger partial charge < -0.3 is 9.64 Å². The Kier molecular flexibility index (Phi) is 6.34. The predicted molar refractivity (Wildman–Crippen MR) is 108 cm³/mol. The molecule has 1 aliphatic heterocycles. The minimum Gasteiger partial charge on any atom is -0.457 e. The van der Waals surface area contributed by atoms with Crippen molar-refractivity contribution in [1.29, 1.82) is 0 Å². The zero-order chi connectivity index (χ0) is 21.0. The molecule has 2 aromatic carbocycles. The van der Waals surface area contributed by atoms with Crippen LogP contribution in [0.25, 0.3) is 0 Å². The topological polar surface area (TPSA) is 84.0 Å². The zero-order valence-electron chi connectivity index (χ0n) is 16.5. The van der Waals surface area contributed by atoms with E-state index in [1.165, 1.54) is 35.5 Å². The summed E-state index contributed by atoms with van der Waals surface area (Å²) in [6, 6.07) is 13.5. The van der Waals surface area contributed by atoms with E-state index in [0.29, 0.717) is 13.1 Å². The number of piperazine rings is 1. The standard InChI is InChI=1S/C21H24N2O5S/c1-16-6-3-4-7-19(16)15-28-21(25)18-8-5-9-20(14-18)29(26,27)23-12-10-22(11-13-23)17(2)24/h3-9,14H,10-13,15H2,1-2H3. The lowest BCUT2D eigenvalue weighted by molar-refractivity contribution is -0.129. The molecule has 1 amide bonds. The molecule has 29 heavy (non-hydrogen) atoms. The van der Waals surface area contributed by atoms with Gasteiger partial charge in [-0.25, -0.2) is 13.2 Å². The maximum absolute atomic E-state index is 12.9. The molecular weight excluding hydrogens is 392 g/mol. The van der Waals surface area contributed by atoms with E-state index < -0.39 is 16.0 Å². The third kappa shape index (κ3) is 4.83. The number of sulfonamides is 1. The quantitative estimate of drug-likeness (QED) is 0.698. The van der Waals surface area contributed by atoms with Crippen LogP contribution in [0.3, 0.4) is 0 Å². The smallest absolute Gasteiger partial charge is 0.338 e. The summed E-state index contributed by atoms with van der Waals surface area (Å²) in [4.78, 5) is 25.5. The van der Waals surface area contributed by atoms with Crippen molar-refractivity contribution in [2.24, 2.45) is 0 Å². The molecule has 0 saturated carbocycles. The molecule has 0 aliphatic carbocycles. The zero-order valence-corrected chi connectivity index (χ0v) is 17.3. The van der Waals surface area contributed by atoms with Crippen molar-refractivity contribution in [2.75, 3.05) is 26.2 Å². The second kappa shape index (κ2) is 8.75. The van der Waals surface area contributed by atoms with Crippen LogP contribution >= 0.6 is 0 Å². The molecule has 0 bridgehead atoms. The number of rotatable bonds is 5. The van der Waals surface area contributed by atoms with E-state index >= 15 is 0 Å². The summed E-state index contributed by atoms with van der Waals surface area (Å²) >= 11 is 0. The summed E-state index contributed by atoms with van der Waals surface area (Å²) in [7, 11) is -3.75. The maximum Gasteiger partial charge on any atom is 0.338 e. The van der Waals surface area contributed by atoms with Gasteiger partial charge in [-0.05, 0) is 36.2 Å². The molecule has 0 spiro atoms. The number of aryl methyl sites for hydroxylation is 1. The van der Waals surface area contributed by atoms with Gasteiger partial charge in [-0.3, -0.25) is 4.79 Å². The molecule has 1 fully saturated rings. The van der Waals surface area contributed by atoms with Crippen LogP contribution in [-0.2, 0) is 26.2 Å². The van der Waals surface area contributed by atoms with E-state index in [0.717, 1.165) is 11.1 Å². The van der Waals surface area contributed by atoms with Crippen LogP contribution in [0.1, 0.15) is 28.4 Å². The summed E-state index contributed by atoms with van der Waals surface area (Å²) in [6.07, 6.45) is 0. The molecular formula is C21H24N2O5S. The lowest BCUT2D eigenvalue weighted by Crippen LogP contribution is -2.49. The number of hydrogen-bond donors (Lipinski definition) is 0. The molecule has 1 heterocycles. The van der Waals surface area contributed by atoms with Crippen molar-refractivity contribution in [3.05, 3.63) is 65.2 Å². The number of nitrogens with zero attached hydrogens (tertiary/aromatic N) is 2. The molecule has 0 N–H and O–H groups in total. The van der Waals surface area contributed by atoms with E-state index in [1.807, 2.05) is 31.2 Å². The number of ether oxygens (including phenoxy) is 1. The van der Waals surface area contributed by atoms with Crippen molar-refractivity contribution < 1.29 is 22.7 Å². The monoisotopic (exact) mass is 416 g/mol. The Labute approximate surface area is 170 Å². The third-order valence-corrected chi connectivity index (χ3v) is 6.91. The summed E-state index contributed by atoms with van der Waals surface area (Å²) in [6.45, 7) is 4.68. The predicted octanol–water partition coefficient (Wildman–Crippen LogP) is 2.20.